The van der Waals surface area contributed by atoms with Crippen LogP contribution in [0, 0.1) is 5.92 Å². The van der Waals surface area contributed by atoms with Crippen LogP contribution in [0.25, 0.3) is 0 Å². The summed E-state index contributed by atoms with van der Waals surface area (Å²) in [4.78, 5) is 0. The van der Waals surface area contributed by atoms with Crippen molar-refractivity contribution in [1.82, 2.24) is 0 Å². The molecule has 0 bridgehead atoms. The van der Waals surface area contributed by atoms with Crippen molar-refractivity contribution in [3.05, 3.63) is 0 Å². The molecule has 0 aromatic heterocycles. The van der Waals surface area contributed by atoms with E-state index in [0.717, 1.165) is 12.5 Å². The van der Waals surface area contributed by atoms with Crippen LogP contribution < -0.4 is 0 Å². The standard InChI is InChI=1S/C16H32O/c1-3-5-6-7-8-9-10-15-11-13-16(14-12-15)17-4-2/h15-16H,3-14H2,1-2H3. The summed E-state index contributed by atoms with van der Waals surface area (Å²) in [6.45, 7) is 5.30. The molecule has 0 aromatic rings. The number of unbranched alkanes of at least 4 members (excludes halogenated alkanes) is 5. The van der Waals surface area contributed by atoms with Crippen LogP contribution in [-0.2, 0) is 4.74 Å². The summed E-state index contributed by atoms with van der Waals surface area (Å²) in [7, 11) is 0. The fourth-order valence-corrected chi connectivity index (χ4v) is 3.04. The fraction of sp³-hybridized carbons (Fsp3) is 1.00. The third-order valence-electron chi connectivity index (χ3n) is 4.16. The van der Waals surface area contributed by atoms with E-state index in [1.165, 1.54) is 70.6 Å². The zero-order valence-corrected chi connectivity index (χ0v) is 12.0. The molecule has 1 aliphatic rings. The molecule has 0 amide bonds. The Balaban J connectivity index is 1.91. The number of hydrogen-bond donors (Lipinski definition) is 0. The Kier molecular flexibility index (Phi) is 8.78. The van der Waals surface area contributed by atoms with Gasteiger partial charge < -0.3 is 4.74 Å². The number of hydrogen-bond acceptors (Lipinski definition) is 1. The molecule has 1 rings (SSSR count). The van der Waals surface area contributed by atoms with Crippen molar-refractivity contribution in [2.24, 2.45) is 5.92 Å². The minimum Gasteiger partial charge on any atom is -0.379 e. The average molecular weight is 240 g/mol. The molecule has 1 heteroatoms. The van der Waals surface area contributed by atoms with Crippen LogP contribution in [0.2, 0.25) is 0 Å². The summed E-state index contributed by atoms with van der Waals surface area (Å²) in [5, 5.41) is 0. The quantitative estimate of drug-likeness (QED) is 0.495. The van der Waals surface area contributed by atoms with Gasteiger partial charge in [0.2, 0.25) is 0 Å². The lowest BCUT2D eigenvalue weighted by Gasteiger charge is -2.28. The molecule has 0 spiro atoms. The lowest BCUT2D eigenvalue weighted by atomic mass is 9.84. The summed E-state index contributed by atoms with van der Waals surface area (Å²) in [6, 6.07) is 0. The highest BCUT2D eigenvalue weighted by atomic mass is 16.5. The molecule has 0 atom stereocenters. The van der Waals surface area contributed by atoms with Gasteiger partial charge in [-0.15, -0.1) is 0 Å². The highest BCUT2D eigenvalue weighted by molar-refractivity contribution is 4.72. The molecule has 0 aromatic carbocycles. The molecule has 0 N–H and O–H groups in total. The van der Waals surface area contributed by atoms with E-state index in [1.807, 2.05) is 0 Å². The minimum absolute atomic E-state index is 0.584. The van der Waals surface area contributed by atoms with Gasteiger partial charge >= 0.3 is 0 Å². The molecular weight excluding hydrogens is 208 g/mol. The van der Waals surface area contributed by atoms with Gasteiger partial charge in [-0.2, -0.15) is 0 Å². The second-order valence-corrected chi connectivity index (χ2v) is 5.65. The highest BCUT2D eigenvalue weighted by Gasteiger charge is 2.20. The molecule has 0 heterocycles. The zero-order chi connectivity index (χ0) is 12.3. The second kappa shape index (κ2) is 9.94. The molecule has 0 saturated heterocycles. The molecule has 1 saturated carbocycles. The van der Waals surface area contributed by atoms with Crippen molar-refractivity contribution in [2.45, 2.75) is 90.6 Å². The summed E-state index contributed by atoms with van der Waals surface area (Å²) in [5.74, 6) is 1.01. The van der Waals surface area contributed by atoms with Gasteiger partial charge in [-0.3, -0.25) is 0 Å². The van der Waals surface area contributed by atoms with E-state index < -0.39 is 0 Å². The molecule has 0 unspecified atom stereocenters. The van der Waals surface area contributed by atoms with Crippen LogP contribution in [-0.4, -0.2) is 12.7 Å². The summed E-state index contributed by atoms with van der Waals surface area (Å²) < 4.78 is 5.70. The third kappa shape index (κ3) is 7.08. The zero-order valence-electron chi connectivity index (χ0n) is 12.0. The molecule has 1 aliphatic carbocycles. The molecular formula is C16H32O. The van der Waals surface area contributed by atoms with Gasteiger partial charge in [-0.1, -0.05) is 51.9 Å². The lowest BCUT2D eigenvalue weighted by Crippen LogP contribution is -2.21. The van der Waals surface area contributed by atoms with Gasteiger partial charge in [-0.05, 0) is 38.5 Å². The summed E-state index contributed by atoms with van der Waals surface area (Å²) in [6.07, 6.45) is 16.2. The lowest BCUT2D eigenvalue weighted by molar-refractivity contribution is 0.0245. The van der Waals surface area contributed by atoms with Gasteiger partial charge in [-0.25, -0.2) is 0 Å². The maximum absolute atomic E-state index is 5.70. The van der Waals surface area contributed by atoms with Crippen molar-refractivity contribution in [3.63, 3.8) is 0 Å². The van der Waals surface area contributed by atoms with Gasteiger partial charge in [0.15, 0.2) is 0 Å². The van der Waals surface area contributed by atoms with E-state index in [0.29, 0.717) is 6.10 Å². The van der Waals surface area contributed by atoms with E-state index in [4.69, 9.17) is 4.74 Å². The van der Waals surface area contributed by atoms with Gasteiger partial charge in [0.1, 0.15) is 0 Å². The predicted molar refractivity (Wildman–Crippen MR) is 75.4 cm³/mol. The largest absolute Gasteiger partial charge is 0.379 e. The Morgan fingerprint density at radius 1 is 0.824 bits per heavy atom. The smallest absolute Gasteiger partial charge is 0.0575 e. The number of ether oxygens (including phenoxy) is 1. The summed E-state index contributed by atoms with van der Waals surface area (Å²) in [5.41, 5.74) is 0. The third-order valence-corrected chi connectivity index (χ3v) is 4.16. The Hall–Kier alpha value is -0.0400. The average Bonchev–Trinajstić information content (AvgIpc) is 2.36. The molecule has 1 fully saturated rings. The van der Waals surface area contributed by atoms with Crippen LogP contribution >= 0.6 is 0 Å². The van der Waals surface area contributed by atoms with Crippen molar-refractivity contribution in [1.29, 1.82) is 0 Å². The molecule has 1 nitrogen and oxygen atoms in total. The van der Waals surface area contributed by atoms with Crippen molar-refractivity contribution in [3.8, 4) is 0 Å². The molecule has 17 heavy (non-hydrogen) atoms. The first-order valence-electron chi connectivity index (χ1n) is 7.98. The molecule has 102 valence electrons. The maximum Gasteiger partial charge on any atom is 0.0575 e. The van der Waals surface area contributed by atoms with Crippen LogP contribution in [0.3, 0.4) is 0 Å². The maximum atomic E-state index is 5.70. The molecule has 0 radical (unpaired) electrons. The van der Waals surface area contributed by atoms with Gasteiger partial charge in [0, 0.05) is 6.61 Å². The minimum atomic E-state index is 0.584. The normalized spacial score (nSPS) is 25.1. The monoisotopic (exact) mass is 240 g/mol. The van der Waals surface area contributed by atoms with Crippen LogP contribution in [0.4, 0.5) is 0 Å². The first kappa shape index (κ1) is 15.0. The van der Waals surface area contributed by atoms with E-state index in [2.05, 4.69) is 13.8 Å². The Morgan fingerprint density at radius 3 is 2.12 bits per heavy atom. The van der Waals surface area contributed by atoms with E-state index in [-0.39, 0.29) is 0 Å². The fourth-order valence-electron chi connectivity index (χ4n) is 3.04. The second-order valence-electron chi connectivity index (χ2n) is 5.65. The Morgan fingerprint density at radius 2 is 1.47 bits per heavy atom. The van der Waals surface area contributed by atoms with E-state index in [9.17, 15) is 0 Å². The van der Waals surface area contributed by atoms with Crippen LogP contribution in [0.15, 0.2) is 0 Å². The molecule has 0 aliphatic heterocycles. The highest BCUT2D eigenvalue weighted by Crippen LogP contribution is 2.30. The Bertz CT molecular complexity index is 159. The topological polar surface area (TPSA) is 9.23 Å². The first-order valence-corrected chi connectivity index (χ1v) is 7.98. The summed E-state index contributed by atoms with van der Waals surface area (Å²) >= 11 is 0. The van der Waals surface area contributed by atoms with Crippen LogP contribution in [0.5, 0.6) is 0 Å². The SMILES string of the molecule is CCCCCCCCC1CCC(OCC)CC1. The van der Waals surface area contributed by atoms with Gasteiger partial charge in [0.25, 0.3) is 0 Å². The van der Waals surface area contributed by atoms with Crippen molar-refractivity contribution < 1.29 is 4.74 Å². The number of rotatable bonds is 9. The predicted octanol–water partition coefficient (Wildman–Crippen LogP) is 5.33. The Labute approximate surface area is 108 Å². The van der Waals surface area contributed by atoms with E-state index >= 15 is 0 Å². The first-order chi connectivity index (χ1) is 8.36. The van der Waals surface area contributed by atoms with E-state index in [1.54, 1.807) is 0 Å². The van der Waals surface area contributed by atoms with Crippen molar-refractivity contribution >= 4 is 0 Å². The van der Waals surface area contributed by atoms with Crippen LogP contribution in [0.1, 0.15) is 84.5 Å². The van der Waals surface area contributed by atoms with Crippen molar-refractivity contribution in [2.75, 3.05) is 6.61 Å². The van der Waals surface area contributed by atoms with Gasteiger partial charge in [0.05, 0.1) is 6.10 Å².